The summed E-state index contributed by atoms with van der Waals surface area (Å²) in [6.45, 7) is 7.80. The fourth-order valence-corrected chi connectivity index (χ4v) is 4.14. The van der Waals surface area contributed by atoms with Gasteiger partial charge < -0.3 is 19.7 Å². The molecule has 2 aliphatic rings. The second-order valence-electron chi connectivity index (χ2n) is 8.53. The summed E-state index contributed by atoms with van der Waals surface area (Å²) in [6.07, 6.45) is 3.66. The zero-order valence-electron chi connectivity index (χ0n) is 18.0. The molecule has 1 atom stereocenters. The number of nitrogens with zero attached hydrogens (tertiary/aromatic N) is 1. The molecule has 5 heteroatoms. The predicted molar refractivity (Wildman–Crippen MR) is 119 cm³/mol. The van der Waals surface area contributed by atoms with Crippen molar-refractivity contribution in [2.45, 2.75) is 45.6 Å². The topological polar surface area (TPSA) is 50.8 Å². The van der Waals surface area contributed by atoms with Crippen LogP contribution >= 0.6 is 0 Å². The van der Waals surface area contributed by atoms with Gasteiger partial charge >= 0.3 is 0 Å². The van der Waals surface area contributed by atoms with Gasteiger partial charge in [0.2, 0.25) is 5.91 Å². The van der Waals surface area contributed by atoms with Crippen LogP contribution < -0.4 is 19.7 Å². The van der Waals surface area contributed by atoms with Crippen molar-refractivity contribution in [3.05, 3.63) is 53.6 Å². The molecule has 30 heavy (non-hydrogen) atoms. The lowest BCUT2D eigenvalue weighted by atomic mass is 9.98. The van der Waals surface area contributed by atoms with Crippen LogP contribution in [0.25, 0.3) is 0 Å². The van der Waals surface area contributed by atoms with E-state index in [1.54, 1.807) is 0 Å². The number of benzene rings is 2. The van der Waals surface area contributed by atoms with Gasteiger partial charge in [0.15, 0.2) is 11.5 Å². The normalized spacial score (nSPS) is 17.5. The molecule has 4 rings (SSSR count). The molecule has 0 aliphatic carbocycles. The highest BCUT2D eigenvalue weighted by atomic mass is 16.6. The number of hydrogen-bond acceptors (Lipinski definition) is 4. The van der Waals surface area contributed by atoms with Crippen LogP contribution in [0.4, 0.5) is 5.69 Å². The molecule has 160 valence electrons. The number of ether oxygens (including phenoxy) is 2. The summed E-state index contributed by atoms with van der Waals surface area (Å²) in [4.78, 5) is 14.9. The third-order valence-electron chi connectivity index (χ3n) is 6.17. The molecule has 2 aromatic rings. The minimum absolute atomic E-state index is 0.00630. The first kappa shape index (κ1) is 20.6. The Labute approximate surface area is 179 Å². The molecule has 1 unspecified atom stereocenters. The van der Waals surface area contributed by atoms with Gasteiger partial charge in [-0.05, 0) is 67.5 Å². The molecule has 0 radical (unpaired) electrons. The summed E-state index contributed by atoms with van der Waals surface area (Å²) in [5.74, 6) is 2.45. The van der Waals surface area contributed by atoms with Gasteiger partial charge in [-0.1, -0.05) is 25.1 Å². The van der Waals surface area contributed by atoms with Crippen LogP contribution in [0.15, 0.2) is 42.5 Å². The summed E-state index contributed by atoms with van der Waals surface area (Å²) in [7, 11) is 0. The first-order valence-electron chi connectivity index (χ1n) is 11.1. The molecule has 1 saturated heterocycles. The highest BCUT2D eigenvalue weighted by Crippen LogP contribution is 2.31. The first-order valence-corrected chi connectivity index (χ1v) is 11.1. The van der Waals surface area contributed by atoms with Crippen molar-refractivity contribution in [3.63, 3.8) is 0 Å². The van der Waals surface area contributed by atoms with E-state index in [2.05, 4.69) is 41.4 Å². The summed E-state index contributed by atoms with van der Waals surface area (Å²) < 4.78 is 11.2. The third kappa shape index (κ3) is 5.07. The van der Waals surface area contributed by atoms with Crippen molar-refractivity contribution in [3.8, 4) is 11.5 Å². The highest BCUT2D eigenvalue weighted by Gasteiger charge is 2.17. The maximum Gasteiger partial charge on any atom is 0.220 e. The maximum atomic E-state index is 12.5. The molecule has 5 nitrogen and oxygen atoms in total. The van der Waals surface area contributed by atoms with Crippen LogP contribution in [-0.4, -0.2) is 32.2 Å². The number of piperidine rings is 1. The number of aryl methyl sites for hydroxylation is 1. The van der Waals surface area contributed by atoms with E-state index < -0.39 is 0 Å². The van der Waals surface area contributed by atoms with E-state index in [1.807, 2.05) is 25.1 Å². The number of carbonyl (C=O) groups is 1. The standard InChI is InChI=1S/C25H32N2O3/c1-18-11-13-27(14-12-18)22-7-5-21(6-8-22)19(2)26-25(28)10-4-20-3-9-23-24(17-20)30-16-15-29-23/h3,5-9,17-19H,4,10-16H2,1-2H3,(H,26,28). The third-order valence-corrected chi connectivity index (χ3v) is 6.17. The molecule has 1 N–H and O–H groups in total. The van der Waals surface area contributed by atoms with Crippen LogP contribution in [0.1, 0.15) is 50.3 Å². The molecule has 1 amide bonds. The molecule has 2 heterocycles. The Kier molecular flexibility index (Phi) is 6.46. The van der Waals surface area contributed by atoms with E-state index in [0.717, 1.165) is 41.6 Å². The monoisotopic (exact) mass is 408 g/mol. The Bertz CT molecular complexity index is 857. The van der Waals surface area contributed by atoms with Gasteiger partial charge in [0, 0.05) is 25.2 Å². The average molecular weight is 409 g/mol. The molecule has 2 aromatic carbocycles. The second-order valence-corrected chi connectivity index (χ2v) is 8.53. The Morgan fingerprint density at radius 2 is 1.77 bits per heavy atom. The minimum Gasteiger partial charge on any atom is -0.486 e. The van der Waals surface area contributed by atoms with Crippen molar-refractivity contribution in [2.75, 3.05) is 31.2 Å². The minimum atomic E-state index is -0.00630. The zero-order valence-corrected chi connectivity index (χ0v) is 18.0. The van der Waals surface area contributed by atoms with Gasteiger partial charge in [0.05, 0.1) is 6.04 Å². The van der Waals surface area contributed by atoms with E-state index in [-0.39, 0.29) is 11.9 Å². The van der Waals surface area contributed by atoms with Gasteiger partial charge in [0.1, 0.15) is 13.2 Å². The maximum absolute atomic E-state index is 12.5. The van der Waals surface area contributed by atoms with Crippen LogP contribution in [-0.2, 0) is 11.2 Å². The van der Waals surface area contributed by atoms with E-state index >= 15 is 0 Å². The number of anilines is 1. The summed E-state index contributed by atoms with van der Waals surface area (Å²) in [5, 5.41) is 3.13. The number of fused-ring (bicyclic) bond motifs is 1. The SMILES string of the molecule is CC1CCN(c2ccc(C(C)NC(=O)CCc3ccc4c(c3)OCCO4)cc2)CC1. The largest absolute Gasteiger partial charge is 0.486 e. The van der Waals surface area contributed by atoms with Crippen molar-refractivity contribution in [1.82, 2.24) is 5.32 Å². The van der Waals surface area contributed by atoms with Crippen LogP contribution in [0.5, 0.6) is 11.5 Å². The number of amides is 1. The van der Waals surface area contributed by atoms with Gasteiger partial charge in [-0.2, -0.15) is 0 Å². The molecular weight excluding hydrogens is 376 g/mol. The smallest absolute Gasteiger partial charge is 0.220 e. The molecule has 1 fully saturated rings. The number of hydrogen-bond donors (Lipinski definition) is 1. The fourth-order valence-electron chi connectivity index (χ4n) is 4.14. The van der Waals surface area contributed by atoms with Crippen LogP contribution in [0.2, 0.25) is 0 Å². The molecule has 2 aliphatic heterocycles. The van der Waals surface area contributed by atoms with E-state index in [9.17, 15) is 4.79 Å². The molecule has 0 spiro atoms. The Morgan fingerprint density at radius 3 is 2.50 bits per heavy atom. The predicted octanol–water partition coefficient (Wildman–Crippen LogP) is 4.50. The second kappa shape index (κ2) is 9.41. The molecule has 0 saturated carbocycles. The summed E-state index contributed by atoms with van der Waals surface area (Å²) >= 11 is 0. The number of carbonyl (C=O) groups excluding carboxylic acids is 1. The lowest BCUT2D eigenvalue weighted by Gasteiger charge is -2.32. The quantitative estimate of drug-likeness (QED) is 0.764. The highest BCUT2D eigenvalue weighted by molar-refractivity contribution is 5.76. The summed E-state index contributed by atoms with van der Waals surface area (Å²) in [5.41, 5.74) is 3.50. The number of nitrogens with one attached hydrogen (secondary N) is 1. The van der Waals surface area contributed by atoms with Gasteiger partial charge in [-0.25, -0.2) is 0 Å². The molecule has 0 aromatic heterocycles. The van der Waals surface area contributed by atoms with Crippen molar-refractivity contribution >= 4 is 11.6 Å². The molecular formula is C25H32N2O3. The fraction of sp³-hybridized carbons (Fsp3) is 0.480. The Hall–Kier alpha value is -2.69. The Balaban J connectivity index is 1.27. The van der Waals surface area contributed by atoms with Gasteiger partial charge in [-0.3, -0.25) is 4.79 Å². The molecule has 0 bridgehead atoms. The van der Waals surface area contributed by atoms with E-state index in [0.29, 0.717) is 26.1 Å². The average Bonchev–Trinajstić information content (AvgIpc) is 2.78. The van der Waals surface area contributed by atoms with E-state index in [4.69, 9.17) is 9.47 Å². The first-order chi connectivity index (χ1) is 14.6. The Morgan fingerprint density at radius 1 is 1.07 bits per heavy atom. The lowest BCUT2D eigenvalue weighted by molar-refractivity contribution is -0.121. The van der Waals surface area contributed by atoms with Crippen molar-refractivity contribution < 1.29 is 14.3 Å². The van der Waals surface area contributed by atoms with E-state index in [1.165, 1.54) is 18.5 Å². The zero-order chi connectivity index (χ0) is 20.9. The van der Waals surface area contributed by atoms with Crippen molar-refractivity contribution in [1.29, 1.82) is 0 Å². The van der Waals surface area contributed by atoms with Gasteiger partial charge in [0.25, 0.3) is 0 Å². The lowest BCUT2D eigenvalue weighted by Crippen LogP contribution is -2.32. The summed E-state index contributed by atoms with van der Waals surface area (Å²) in [6, 6.07) is 14.5. The van der Waals surface area contributed by atoms with Gasteiger partial charge in [-0.15, -0.1) is 0 Å². The van der Waals surface area contributed by atoms with Crippen LogP contribution in [0, 0.1) is 5.92 Å². The number of rotatable bonds is 6. The van der Waals surface area contributed by atoms with Crippen LogP contribution in [0.3, 0.4) is 0 Å². The van der Waals surface area contributed by atoms with Crippen molar-refractivity contribution in [2.24, 2.45) is 5.92 Å².